The number of para-hydroxylation sites is 1. The quantitative estimate of drug-likeness (QED) is 0.716. The fraction of sp³-hybridized carbons (Fsp3) is 0.333. The fourth-order valence-electron chi connectivity index (χ4n) is 1.41. The summed E-state index contributed by atoms with van der Waals surface area (Å²) >= 11 is 6.68. The number of aliphatic carboxylic acids is 1. The highest BCUT2D eigenvalue weighted by Crippen LogP contribution is 2.30. The highest BCUT2D eigenvalue weighted by atomic mass is 79.9. The molecule has 0 saturated heterocycles. The summed E-state index contributed by atoms with van der Waals surface area (Å²) in [5.41, 5.74) is 0.630. The van der Waals surface area contributed by atoms with Crippen molar-refractivity contribution in [1.82, 2.24) is 5.32 Å². The van der Waals surface area contributed by atoms with E-state index in [9.17, 15) is 9.59 Å². The number of carboxylic acids is 1. The van der Waals surface area contributed by atoms with Crippen LogP contribution in [0.3, 0.4) is 0 Å². The van der Waals surface area contributed by atoms with Gasteiger partial charge in [-0.15, -0.1) is 0 Å². The van der Waals surface area contributed by atoms with Gasteiger partial charge in [0.1, 0.15) is 0 Å². The molecule has 0 bridgehead atoms. The molecule has 0 aliphatic carbocycles. The number of amides is 2. The minimum atomic E-state index is -0.872. The number of carbonyl (C=O) groups is 2. The van der Waals surface area contributed by atoms with Crippen molar-refractivity contribution in [2.24, 2.45) is 5.92 Å². The summed E-state index contributed by atoms with van der Waals surface area (Å²) in [6.45, 7) is 2.07. The van der Waals surface area contributed by atoms with Gasteiger partial charge in [-0.25, -0.2) is 4.79 Å². The number of carbonyl (C=O) groups excluding carboxylic acids is 1. The summed E-state index contributed by atoms with van der Waals surface area (Å²) in [6, 6.07) is 5.09. The number of rotatable bonds is 5. The summed E-state index contributed by atoms with van der Waals surface area (Å²) in [6.07, 6.45) is 0.0268. The molecule has 1 aromatic carbocycles. The summed E-state index contributed by atoms with van der Waals surface area (Å²) < 4.78 is 1.52. The number of halogens is 2. The Balaban J connectivity index is 2.50. The second-order valence-electron chi connectivity index (χ2n) is 4.13. The third kappa shape index (κ3) is 5.61. The fourth-order valence-corrected chi connectivity index (χ4v) is 2.61. The van der Waals surface area contributed by atoms with Gasteiger partial charge in [0.05, 0.1) is 5.69 Å². The molecular formula is C12H14Br2N2O3. The van der Waals surface area contributed by atoms with Crippen LogP contribution in [0.5, 0.6) is 0 Å². The number of nitrogens with one attached hydrogen (secondary N) is 2. The molecular weight excluding hydrogens is 380 g/mol. The molecule has 1 unspecified atom stereocenters. The zero-order chi connectivity index (χ0) is 14.4. The average Bonchev–Trinajstić information content (AvgIpc) is 2.30. The zero-order valence-electron chi connectivity index (χ0n) is 10.2. The molecule has 1 aromatic rings. The van der Waals surface area contributed by atoms with Crippen LogP contribution in [0.25, 0.3) is 0 Å². The Hall–Kier alpha value is -1.08. The van der Waals surface area contributed by atoms with Crippen LogP contribution >= 0.6 is 31.9 Å². The van der Waals surface area contributed by atoms with Gasteiger partial charge in [-0.3, -0.25) is 4.79 Å². The van der Waals surface area contributed by atoms with Gasteiger partial charge in [-0.2, -0.15) is 0 Å². The number of carboxylic acid groups (broad SMARTS) is 1. The Morgan fingerprint density at radius 1 is 1.32 bits per heavy atom. The van der Waals surface area contributed by atoms with E-state index in [0.717, 1.165) is 8.95 Å². The second-order valence-corrected chi connectivity index (χ2v) is 5.84. The van der Waals surface area contributed by atoms with E-state index in [1.807, 2.05) is 18.2 Å². The topological polar surface area (TPSA) is 78.4 Å². The molecule has 0 heterocycles. The van der Waals surface area contributed by atoms with Crippen molar-refractivity contribution in [1.29, 1.82) is 0 Å². The molecule has 0 saturated carbocycles. The van der Waals surface area contributed by atoms with E-state index in [1.54, 1.807) is 6.92 Å². The minimum absolute atomic E-state index is 0.0268. The van der Waals surface area contributed by atoms with Gasteiger partial charge in [-0.1, -0.05) is 13.0 Å². The highest BCUT2D eigenvalue weighted by Gasteiger charge is 2.11. The first-order chi connectivity index (χ1) is 8.90. The van der Waals surface area contributed by atoms with Crippen LogP contribution < -0.4 is 10.6 Å². The van der Waals surface area contributed by atoms with E-state index < -0.39 is 5.97 Å². The van der Waals surface area contributed by atoms with Gasteiger partial charge in [0.2, 0.25) is 0 Å². The number of urea groups is 1. The van der Waals surface area contributed by atoms with E-state index in [2.05, 4.69) is 42.5 Å². The number of benzene rings is 1. The summed E-state index contributed by atoms with van der Waals surface area (Å²) in [7, 11) is 0. The van der Waals surface area contributed by atoms with Crippen LogP contribution in [0.2, 0.25) is 0 Å². The molecule has 3 N–H and O–H groups in total. The molecule has 0 aliphatic rings. The van der Waals surface area contributed by atoms with E-state index in [1.165, 1.54) is 0 Å². The Kier molecular flexibility index (Phi) is 6.30. The number of hydrogen-bond acceptors (Lipinski definition) is 2. The van der Waals surface area contributed by atoms with Crippen LogP contribution in [0.1, 0.15) is 13.3 Å². The lowest BCUT2D eigenvalue weighted by atomic mass is 10.1. The molecule has 1 rings (SSSR count). The average molecular weight is 394 g/mol. The molecule has 104 valence electrons. The lowest BCUT2D eigenvalue weighted by molar-refractivity contribution is -0.137. The maximum Gasteiger partial charge on any atom is 0.319 e. The maximum atomic E-state index is 11.7. The molecule has 5 nitrogen and oxygen atoms in total. The van der Waals surface area contributed by atoms with Gasteiger partial charge >= 0.3 is 12.0 Å². The Morgan fingerprint density at radius 2 is 1.89 bits per heavy atom. The third-order valence-electron chi connectivity index (χ3n) is 2.34. The lowest BCUT2D eigenvalue weighted by Crippen LogP contribution is -2.33. The van der Waals surface area contributed by atoms with Crippen molar-refractivity contribution in [3.05, 3.63) is 27.1 Å². The van der Waals surface area contributed by atoms with Crippen LogP contribution in [-0.4, -0.2) is 23.7 Å². The molecule has 7 heteroatoms. The van der Waals surface area contributed by atoms with Gasteiger partial charge in [0.15, 0.2) is 0 Å². The van der Waals surface area contributed by atoms with Crippen molar-refractivity contribution < 1.29 is 14.7 Å². The number of hydrogen-bond donors (Lipinski definition) is 3. The van der Waals surface area contributed by atoms with Gasteiger partial charge < -0.3 is 15.7 Å². The van der Waals surface area contributed by atoms with Gasteiger partial charge in [-0.05, 0) is 49.9 Å². The predicted molar refractivity (Wildman–Crippen MR) is 80.3 cm³/mol. The van der Waals surface area contributed by atoms with E-state index >= 15 is 0 Å². The largest absolute Gasteiger partial charge is 0.481 e. The Morgan fingerprint density at radius 3 is 2.42 bits per heavy atom. The Bertz CT molecular complexity index is 460. The van der Waals surface area contributed by atoms with Crippen molar-refractivity contribution in [2.75, 3.05) is 11.9 Å². The number of anilines is 1. The summed E-state index contributed by atoms with van der Waals surface area (Å²) in [5, 5.41) is 13.9. The van der Waals surface area contributed by atoms with Crippen molar-refractivity contribution in [3.63, 3.8) is 0 Å². The minimum Gasteiger partial charge on any atom is -0.481 e. The van der Waals surface area contributed by atoms with Crippen LogP contribution in [0.4, 0.5) is 10.5 Å². The van der Waals surface area contributed by atoms with E-state index in [0.29, 0.717) is 12.2 Å². The Labute approximate surface area is 128 Å². The van der Waals surface area contributed by atoms with E-state index in [4.69, 9.17) is 5.11 Å². The summed E-state index contributed by atoms with van der Waals surface area (Å²) in [4.78, 5) is 22.2. The van der Waals surface area contributed by atoms with E-state index in [-0.39, 0.29) is 18.4 Å². The standard InChI is InChI=1S/C12H14Br2N2O3/c1-7(5-10(17)18)6-15-12(19)16-11-8(13)3-2-4-9(11)14/h2-4,7H,5-6H2,1H3,(H,17,18)(H2,15,16,19). The monoisotopic (exact) mass is 392 g/mol. The molecule has 0 fully saturated rings. The van der Waals surface area contributed by atoms with Crippen molar-refractivity contribution >= 4 is 49.5 Å². The summed E-state index contributed by atoms with van der Waals surface area (Å²) in [5.74, 6) is -0.992. The molecule has 19 heavy (non-hydrogen) atoms. The van der Waals surface area contributed by atoms with Crippen molar-refractivity contribution in [2.45, 2.75) is 13.3 Å². The molecule has 1 atom stereocenters. The molecule has 0 spiro atoms. The molecule has 0 aliphatic heterocycles. The first kappa shape index (κ1) is 16.0. The second kappa shape index (κ2) is 7.49. The normalized spacial score (nSPS) is 11.7. The predicted octanol–water partition coefficient (Wildman–Crippen LogP) is 3.44. The molecule has 0 radical (unpaired) electrons. The van der Waals surface area contributed by atoms with Crippen LogP contribution in [-0.2, 0) is 4.79 Å². The van der Waals surface area contributed by atoms with Crippen LogP contribution in [0.15, 0.2) is 27.1 Å². The third-order valence-corrected chi connectivity index (χ3v) is 3.66. The first-order valence-corrected chi connectivity index (χ1v) is 7.19. The first-order valence-electron chi connectivity index (χ1n) is 5.60. The maximum absolute atomic E-state index is 11.7. The van der Waals surface area contributed by atoms with Gasteiger partial charge in [0, 0.05) is 21.9 Å². The smallest absolute Gasteiger partial charge is 0.319 e. The highest BCUT2D eigenvalue weighted by molar-refractivity contribution is 9.11. The SMILES string of the molecule is CC(CNC(=O)Nc1c(Br)cccc1Br)CC(=O)O. The lowest BCUT2D eigenvalue weighted by Gasteiger charge is -2.13. The van der Waals surface area contributed by atoms with Crippen LogP contribution in [0, 0.1) is 5.92 Å². The zero-order valence-corrected chi connectivity index (χ0v) is 13.4. The van der Waals surface area contributed by atoms with Crippen molar-refractivity contribution in [3.8, 4) is 0 Å². The van der Waals surface area contributed by atoms with Gasteiger partial charge in [0.25, 0.3) is 0 Å². The molecule has 2 amide bonds. The molecule has 0 aromatic heterocycles.